The summed E-state index contributed by atoms with van der Waals surface area (Å²) in [6.07, 6.45) is 18.9. The monoisotopic (exact) mass is 527 g/mol. The predicted molar refractivity (Wildman–Crippen MR) is 154 cm³/mol. The number of amides is 1. The minimum atomic E-state index is -0.952. The minimum Gasteiger partial charge on any atom is -0.385 e. The van der Waals surface area contributed by atoms with Crippen molar-refractivity contribution in [1.82, 2.24) is 10.3 Å². The van der Waals surface area contributed by atoms with Crippen molar-refractivity contribution in [3.05, 3.63) is 47.7 Å². The number of terminal acetylenes is 1. The Morgan fingerprint density at radius 1 is 1.18 bits per heavy atom. The highest BCUT2D eigenvalue weighted by Gasteiger charge is 2.63. The Balaban J connectivity index is 1.03. The summed E-state index contributed by atoms with van der Waals surface area (Å²) in [5.41, 5.74) is 3.78. The molecule has 39 heavy (non-hydrogen) atoms. The van der Waals surface area contributed by atoms with Crippen molar-refractivity contribution in [2.45, 2.75) is 77.2 Å². The van der Waals surface area contributed by atoms with Gasteiger partial charge in [0.2, 0.25) is 0 Å². The van der Waals surface area contributed by atoms with Crippen LogP contribution >= 0.6 is 0 Å². The summed E-state index contributed by atoms with van der Waals surface area (Å²) in [7, 11) is 0. The van der Waals surface area contributed by atoms with Crippen molar-refractivity contribution in [1.29, 1.82) is 0 Å². The lowest BCUT2D eigenvalue weighted by Gasteiger charge is -2.58. The molecule has 0 bridgehead atoms. The number of H-pyrrole nitrogens is 1. The molecule has 3 N–H and O–H groups in total. The van der Waals surface area contributed by atoms with E-state index < -0.39 is 5.60 Å². The Hall–Kier alpha value is -3.04. The molecule has 1 aromatic carbocycles. The molecule has 0 spiro atoms. The lowest BCUT2D eigenvalue weighted by atomic mass is 9.46. The van der Waals surface area contributed by atoms with Crippen LogP contribution in [0.25, 0.3) is 10.9 Å². The van der Waals surface area contributed by atoms with Gasteiger partial charge in [-0.25, -0.2) is 0 Å². The topological polar surface area (TPSA) is 86.7 Å². The summed E-state index contributed by atoms with van der Waals surface area (Å²) in [6.45, 7) is 5.18. The van der Waals surface area contributed by atoms with Crippen molar-refractivity contribution >= 4 is 22.5 Å². The van der Waals surface area contributed by atoms with Crippen LogP contribution in [0.2, 0.25) is 0 Å². The smallest absolute Gasteiger partial charge is 0.260 e. The zero-order valence-corrected chi connectivity index (χ0v) is 23.3. The molecule has 0 radical (unpaired) electrons. The molecular formula is C33H41N3O3. The van der Waals surface area contributed by atoms with Crippen LogP contribution in [0.4, 0.5) is 0 Å². The molecule has 0 unspecified atom stereocenters. The van der Waals surface area contributed by atoms with E-state index in [0.717, 1.165) is 69.0 Å². The fourth-order valence-corrected chi connectivity index (χ4v) is 8.80. The number of aliphatic hydroxyl groups is 1. The van der Waals surface area contributed by atoms with Gasteiger partial charge in [-0.05, 0) is 98.7 Å². The van der Waals surface area contributed by atoms with Gasteiger partial charge in [0.05, 0.1) is 5.71 Å². The molecule has 1 heterocycles. The number of hydrogen-bond acceptors (Lipinski definition) is 4. The average molecular weight is 528 g/mol. The summed E-state index contributed by atoms with van der Waals surface area (Å²) in [4.78, 5) is 21.1. The number of benzene rings is 1. The van der Waals surface area contributed by atoms with Gasteiger partial charge in [-0.1, -0.05) is 48.7 Å². The number of rotatable bonds is 6. The first-order chi connectivity index (χ1) is 18.8. The molecule has 3 saturated carbocycles. The van der Waals surface area contributed by atoms with Gasteiger partial charge in [0.15, 0.2) is 6.61 Å². The number of fused-ring (bicyclic) bond motifs is 6. The van der Waals surface area contributed by atoms with Gasteiger partial charge in [0.1, 0.15) is 5.60 Å². The van der Waals surface area contributed by atoms with Crippen LogP contribution in [0.1, 0.15) is 70.8 Å². The van der Waals surface area contributed by atoms with Crippen molar-refractivity contribution in [2.24, 2.45) is 33.7 Å². The molecule has 6 atom stereocenters. The van der Waals surface area contributed by atoms with Crippen molar-refractivity contribution in [2.75, 3.05) is 13.2 Å². The number of para-hydroxylation sites is 1. The molecule has 0 saturated heterocycles. The van der Waals surface area contributed by atoms with E-state index in [9.17, 15) is 9.90 Å². The molecular weight excluding hydrogens is 486 g/mol. The van der Waals surface area contributed by atoms with Crippen LogP contribution in [-0.4, -0.2) is 40.5 Å². The molecule has 6 heteroatoms. The van der Waals surface area contributed by atoms with Crippen molar-refractivity contribution < 1.29 is 14.7 Å². The van der Waals surface area contributed by atoms with Crippen LogP contribution in [-0.2, 0) is 16.1 Å². The standard InChI is InChI=1S/C33H41N3O3/c1-4-33(38)17-13-28-26-10-9-23-19-24(11-15-31(23,2)27(26)12-16-32(28,33)3)36-39-21-30(37)34-18-14-22-20-35-29-8-6-5-7-25(22)29/h1,5-8,19-20,26-28,35,38H,9-18,21H2,2-3H3,(H,34,37)/b36-24+/t26-,27+,28+,31+,32-,33-/m0/s1. The van der Waals surface area contributed by atoms with Gasteiger partial charge in [-0.2, -0.15) is 0 Å². The van der Waals surface area contributed by atoms with Crippen LogP contribution in [0.3, 0.4) is 0 Å². The molecule has 4 aliphatic carbocycles. The second-order valence-electron chi connectivity index (χ2n) is 12.8. The third-order valence-corrected chi connectivity index (χ3v) is 11.1. The summed E-state index contributed by atoms with van der Waals surface area (Å²) in [5, 5.41) is 19.7. The average Bonchev–Trinajstić information content (AvgIpc) is 3.47. The third kappa shape index (κ3) is 4.30. The van der Waals surface area contributed by atoms with E-state index in [0.29, 0.717) is 24.3 Å². The molecule has 6 rings (SSSR count). The summed E-state index contributed by atoms with van der Waals surface area (Å²) < 4.78 is 0. The maximum atomic E-state index is 12.3. The first-order valence-electron chi connectivity index (χ1n) is 14.7. The normalized spacial score (nSPS) is 36.4. The van der Waals surface area contributed by atoms with Crippen LogP contribution in [0, 0.1) is 40.9 Å². The minimum absolute atomic E-state index is 0.0686. The summed E-state index contributed by atoms with van der Waals surface area (Å²) >= 11 is 0. The van der Waals surface area contributed by atoms with Crippen LogP contribution in [0.5, 0.6) is 0 Å². The SMILES string of the molecule is C#C[C@]1(O)CC[C@@H]2[C@H]3CCC4=C/C(=N/OCC(=O)NCCc5c[nH]c6ccccc56)CC[C@@]4(C)[C@@H]3CC[C@@]21C. The lowest BCUT2D eigenvalue weighted by molar-refractivity contribution is -0.125. The molecule has 0 aliphatic heterocycles. The highest BCUT2D eigenvalue weighted by atomic mass is 16.6. The summed E-state index contributed by atoms with van der Waals surface area (Å²) in [6, 6.07) is 8.19. The molecule has 1 amide bonds. The van der Waals surface area contributed by atoms with Gasteiger partial charge in [-0.3, -0.25) is 4.79 Å². The Morgan fingerprint density at radius 3 is 2.85 bits per heavy atom. The Bertz CT molecular complexity index is 1370. The fourth-order valence-electron chi connectivity index (χ4n) is 8.80. The lowest BCUT2D eigenvalue weighted by Crippen LogP contribution is -2.54. The fraction of sp³-hybridized carbons (Fsp3) is 0.576. The number of aromatic amines is 1. The van der Waals surface area contributed by atoms with E-state index >= 15 is 0 Å². The number of aromatic nitrogens is 1. The number of carbonyl (C=O) groups is 1. The molecule has 6 nitrogen and oxygen atoms in total. The first kappa shape index (κ1) is 26.2. The van der Waals surface area contributed by atoms with Gasteiger partial charge >= 0.3 is 0 Å². The number of carbonyl (C=O) groups excluding carboxylic acids is 1. The van der Waals surface area contributed by atoms with E-state index in [2.05, 4.69) is 53.4 Å². The molecule has 4 aliphatic rings. The Morgan fingerprint density at radius 2 is 2.00 bits per heavy atom. The Labute approximate surface area is 231 Å². The highest BCUT2D eigenvalue weighted by molar-refractivity contribution is 5.96. The second kappa shape index (κ2) is 9.86. The first-order valence-corrected chi connectivity index (χ1v) is 14.7. The van der Waals surface area contributed by atoms with Crippen LogP contribution in [0.15, 0.2) is 47.3 Å². The van der Waals surface area contributed by atoms with E-state index in [-0.39, 0.29) is 23.3 Å². The molecule has 206 valence electrons. The number of nitrogens with zero attached hydrogens (tertiary/aromatic N) is 1. The summed E-state index contributed by atoms with van der Waals surface area (Å²) in [5.74, 6) is 4.38. The van der Waals surface area contributed by atoms with Crippen molar-refractivity contribution in [3.63, 3.8) is 0 Å². The van der Waals surface area contributed by atoms with E-state index in [1.807, 2.05) is 18.3 Å². The van der Waals surface area contributed by atoms with E-state index in [1.165, 1.54) is 16.5 Å². The number of nitrogens with one attached hydrogen (secondary N) is 2. The maximum Gasteiger partial charge on any atom is 0.260 e. The molecule has 2 aromatic rings. The molecule has 3 fully saturated rings. The largest absolute Gasteiger partial charge is 0.385 e. The highest BCUT2D eigenvalue weighted by Crippen LogP contribution is 2.67. The zero-order chi connectivity index (χ0) is 27.3. The third-order valence-electron chi connectivity index (χ3n) is 11.1. The van der Waals surface area contributed by atoms with E-state index in [1.54, 1.807) is 0 Å². The Kier molecular flexibility index (Phi) is 6.62. The van der Waals surface area contributed by atoms with E-state index in [4.69, 9.17) is 11.3 Å². The molecule has 1 aromatic heterocycles. The number of oxime groups is 1. The van der Waals surface area contributed by atoms with Gasteiger partial charge in [0, 0.05) is 29.1 Å². The predicted octanol–water partition coefficient (Wildman–Crippen LogP) is 5.53. The quantitative estimate of drug-likeness (QED) is 0.341. The number of allylic oxidation sites excluding steroid dienone is 2. The van der Waals surface area contributed by atoms with Gasteiger partial charge < -0.3 is 20.2 Å². The second-order valence-corrected chi connectivity index (χ2v) is 12.8. The maximum absolute atomic E-state index is 12.3. The zero-order valence-electron chi connectivity index (χ0n) is 23.3. The van der Waals surface area contributed by atoms with Crippen LogP contribution < -0.4 is 5.32 Å². The van der Waals surface area contributed by atoms with Crippen molar-refractivity contribution in [3.8, 4) is 12.3 Å². The van der Waals surface area contributed by atoms with Gasteiger partial charge in [0.25, 0.3) is 5.91 Å². The van der Waals surface area contributed by atoms with Gasteiger partial charge in [-0.15, -0.1) is 6.42 Å². The number of hydrogen-bond donors (Lipinski definition) is 3.